The summed E-state index contributed by atoms with van der Waals surface area (Å²) in [5.74, 6) is 0. The van der Waals surface area contributed by atoms with Crippen LogP contribution in [0.1, 0.15) is 0 Å². The minimum atomic E-state index is -1.64. The Labute approximate surface area is 72.9 Å². The molecule has 3 nitrogen and oxygen atoms in total. The molecule has 0 aliphatic heterocycles. The number of rotatable bonds is 0. The molecule has 1 amide bonds. The van der Waals surface area contributed by atoms with Gasteiger partial charge in [0, 0.05) is 0 Å². The molecule has 10 heavy (non-hydrogen) atoms. The fourth-order valence-electron chi connectivity index (χ4n) is 0.179. The number of amides is 1. The number of halogens is 3. The van der Waals surface area contributed by atoms with Crippen LogP contribution in [0.15, 0.2) is 4.99 Å². The number of nitrogens with zero attached hydrogens (tertiary/aromatic N) is 1. The second-order valence-corrected chi connectivity index (χ2v) is 3.64. The summed E-state index contributed by atoms with van der Waals surface area (Å²) in [6.45, 7) is 0. The number of alkyl halides is 3. The Hall–Kier alpha value is 0.01000. The van der Waals surface area contributed by atoms with E-state index in [9.17, 15) is 4.79 Å². The molecule has 0 atom stereocenters. The fourth-order valence-corrected chi connectivity index (χ4v) is 0.325. The third-order valence-corrected chi connectivity index (χ3v) is 0.784. The number of hydrogen-bond donors (Lipinski definition) is 0. The van der Waals surface area contributed by atoms with Gasteiger partial charge in [0.1, 0.15) is 0 Å². The van der Waals surface area contributed by atoms with E-state index in [1.54, 1.807) is 0 Å². The normalized spacial score (nSPS) is 12.0. The first-order valence-electron chi connectivity index (χ1n) is 2.15. The molecule has 0 aromatic rings. The second-order valence-electron chi connectivity index (χ2n) is 1.27. The van der Waals surface area contributed by atoms with Crippen molar-refractivity contribution in [3.63, 3.8) is 0 Å². The molecule has 58 valence electrons. The zero-order valence-electron chi connectivity index (χ0n) is 4.97. The van der Waals surface area contributed by atoms with Gasteiger partial charge in [-0.1, -0.05) is 34.8 Å². The Morgan fingerprint density at radius 3 is 2.40 bits per heavy atom. The molecule has 0 radical (unpaired) electrons. The standard InChI is InChI=1S/C4H4Cl3NO2/c1-10-3(9)8-2-4(5,6)7/h2H,1H3/b8-2+. The maximum Gasteiger partial charge on any atom is 0.433 e. The first kappa shape index (κ1) is 10.0. The number of methoxy groups -OCH3 is 1. The number of ether oxygens (including phenoxy) is 1. The van der Waals surface area contributed by atoms with Gasteiger partial charge in [0.15, 0.2) is 0 Å². The van der Waals surface area contributed by atoms with Gasteiger partial charge in [-0.05, 0) is 0 Å². The largest absolute Gasteiger partial charge is 0.451 e. The molecule has 6 heteroatoms. The molecule has 0 spiro atoms. The first-order chi connectivity index (χ1) is 4.45. The van der Waals surface area contributed by atoms with Crippen molar-refractivity contribution < 1.29 is 9.53 Å². The maximum absolute atomic E-state index is 10.3. The summed E-state index contributed by atoms with van der Waals surface area (Å²) in [6, 6.07) is 0. The van der Waals surface area contributed by atoms with Crippen molar-refractivity contribution in [2.24, 2.45) is 4.99 Å². The molecule has 0 saturated heterocycles. The average molecular weight is 204 g/mol. The molecule has 0 N–H and O–H groups in total. The topological polar surface area (TPSA) is 38.7 Å². The van der Waals surface area contributed by atoms with Crippen molar-refractivity contribution in [2.75, 3.05) is 7.11 Å². The highest BCUT2D eigenvalue weighted by molar-refractivity contribution is 6.74. The summed E-state index contributed by atoms with van der Waals surface area (Å²) in [4.78, 5) is 13.4. The average Bonchev–Trinajstić information content (AvgIpc) is 1.81. The molecular formula is C4H4Cl3NO2. The predicted octanol–water partition coefficient (Wildman–Crippen LogP) is 2.19. The smallest absolute Gasteiger partial charge is 0.433 e. The zero-order chi connectivity index (χ0) is 8.20. The van der Waals surface area contributed by atoms with E-state index in [2.05, 4.69) is 9.73 Å². The molecule has 0 heterocycles. The zero-order valence-corrected chi connectivity index (χ0v) is 7.24. The molecule has 0 unspecified atom stereocenters. The van der Waals surface area contributed by atoms with E-state index in [0.29, 0.717) is 0 Å². The molecule has 0 rings (SSSR count). The third kappa shape index (κ3) is 6.13. The first-order valence-corrected chi connectivity index (χ1v) is 3.29. The van der Waals surface area contributed by atoms with Gasteiger partial charge in [0.2, 0.25) is 3.79 Å². The van der Waals surface area contributed by atoms with Crippen molar-refractivity contribution in [1.29, 1.82) is 0 Å². The van der Waals surface area contributed by atoms with Gasteiger partial charge in [0.05, 0.1) is 13.3 Å². The van der Waals surface area contributed by atoms with E-state index in [1.807, 2.05) is 0 Å². The van der Waals surface area contributed by atoms with Gasteiger partial charge in [0.25, 0.3) is 0 Å². The Bertz CT molecular complexity index is 151. The Morgan fingerprint density at radius 2 is 2.10 bits per heavy atom. The molecule has 0 fully saturated rings. The van der Waals surface area contributed by atoms with Gasteiger partial charge < -0.3 is 4.74 Å². The van der Waals surface area contributed by atoms with Crippen LogP contribution >= 0.6 is 34.8 Å². The van der Waals surface area contributed by atoms with Crippen LogP contribution < -0.4 is 0 Å². The summed E-state index contributed by atoms with van der Waals surface area (Å²) >= 11 is 15.6. The van der Waals surface area contributed by atoms with E-state index in [1.165, 1.54) is 7.11 Å². The quantitative estimate of drug-likeness (QED) is 0.448. The minimum Gasteiger partial charge on any atom is -0.451 e. The molecule has 0 aromatic heterocycles. The third-order valence-electron chi connectivity index (χ3n) is 0.491. The Kier molecular flexibility index (Phi) is 4.01. The maximum atomic E-state index is 10.3. The molecule has 0 aliphatic carbocycles. The number of aliphatic imine (C=N–C) groups is 1. The van der Waals surface area contributed by atoms with Crippen LogP contribution in [0.3, 0.4) is 0 Å². The lowest BCUT2D eigenvalue weighted by molar-refractivity contribution is 0.182. The molecular weight excluding hydrogens is 200 g/mol. The lowest BCUT2D eigenvalue weighted by atomic mass is 10.8. The summed E-state index contributed by atoms with van der Waals surface area (Å²) in [6.07, 6.45) is 0.0649. The van der Waals surface area contributed by atoms with Gasteiger partial charge in [-0.25, -0.2) is 4.79 Å². The van der Waals surface area contributed by atoms with E-state index in [4.69, 9.17) is 34.8 Å². The van der Waals surface area contributed by atoms with Crippen LogP contribution in [0.25, 0.3) is 0 Å². The van der Waals surface area contributed by atoms with Gasteiger partial charge in [-0.3, -0.25) is 0 Å². The van der Waals surface area contributed by atoms with Crippen molar-refractivity contribution in [1.82, 2.24) is 0 Å². The lowest BCUT2D eigenvalue weighted by Crippen LogP contribution is -2.05. The lowest BCUT2D eigenvalue weighted by Gasteiger charge is -1.99. The van der Waals surface area contributed by atoms with Crippen LogP contribution in [0.2, 0.25) is 0 Å². The van der Waals surface area contributed by atoms with E-state index in [-0.39, 0.29) is 0 Å². The second kappa shape index (κ2) is 4.01. The predicted molar refractivity (Wildman–Crippen MR) is 41.2 cm³/mol. The Morgan fingerprint density at radius 1 is 1.60 bits per heavy atom. The SMILES string of the molecule is COC(=O)/N=C/C(Cl)(Cl)Cl. The highest BCUT2D eigenvalue weighted by atomic mass is 35.6. The van der Waals surface area contributed by atoms with Crippen LogP contribution in [-0.4, -0.2) is 23.2 Å². The van der Waals surface area contributed by atoms with E-state index >= 15 is 0 Å². The summed E-state index contributed by atoms with van der Waals surface area (Å²) in [7, 11) is 1.18. The highest BCUT2D eigenvalue weighted by Crippen LogP contribution is 2.22. The highest BCUT2D eigenvalue weighted by Gasteiger charge is 2.16. The number of carbonyl (C=O) groups is 1. The van der Waals surface area contributed by atoms with E-state index < -0.39 is 9.89 Å². The van der Waals surface area contributed by atoms with Crippen LogP contribution in [0.4, 0.5) is 4.79 Å². The molecule has 0 bridgehead atoms. The van der Waals surface area contributed by atoms with Crippen molar-refractivity contribution >= 4 is 47.1 Å². The minimum absolute atomic E-state index is 0.800. The van der Waals surface area contributed by atoms with Gasteiger partial charge in [-0.2, -0.15) is 4.99 Å². The molecule has 0 aliphatic rings. The Balaban J connectivity index is 3.88. The molecule has 0 aromatic carbocycles. The number of carbonyl (C=O) groups excluding carboxylic acids is 1. The van der Waals surface area contributed by atoms with Crippen molar-refractivity contribution in [2.45, 2.75) is 3.79 Å². The molecule has 0 saturated carbocycles. The van der Waals surface area contributed by atoms with Crippen LogP contribution in [-0.2, 0) is 4.74 Å². The summed E-state index contributed by atoms with van der Waals surface area (Å²) in [5, 5.41) is 0. The van der Waals surface area contributed by atoms with Gasteiger partial charge >= 0.3 is 6.09 Å². The van der Waals surface area contributed by atoms with E-state index in [0.717, 1.165) is 6.21 Å². The monoisotopic (exact) mass is 203 g/mol. The van der Waals surface area contributed by atoms with Crippen molar-refractivity contribution in [3.8, 4) is 0 Å². The van der Waals surface area contributed by atoms with Gasteiger partial charge in [-0.15, -0.1) is 0 Å². The van der Waals surface area contributed by atoms with Crippen LogP contribution in [0.5, 0.6) is 0 Å². The van der Waals surface area contributed by atoms with Crippen LogP contribution in [0, 0.1) is 0 Å². The number of hydrogen-bond acceptors (Lipinski definition) is 2. The summed E-state index contributed by atoms with van der Waals surface area (Å²) in [5.41, 5.74) is 0. The summed E-state index contributed by atoms with van der Waals surface area (Å²) < 4.78 is 2.49. The fraction of sp³-hybridized carbons (Fsp3) is 0.500. The van der Waals surface area contributed by atoms with Crippen molar-refractivity contribution in [3.05, 3.63) is 0 Å².